The number of carbonyl (C=O) groups excluding carboxylic acids is 1. The summed E-state index contributed by atoms with van der Waals surface area (Å²) in [6, 6.07) is 9.64. The lowest BCUT2D eigenvalue weighted by Gasteiger charge is -2.08. The molecule has 0 radical (unpaired) electrons. The van der Waals surface area contributed by atoms with E-state index in [1.165, 1.54) is 0 Å². The van der Waals surface area contributed by atoms with Crippen molar-refractivity contribution in [3.63, 3.8) is 0 Å². The molecular weight excluding hydrogens is 376 g/mol. The summed E-state index contributed by atoms with van der Waals surface area (Å²) in [5.41, 5.74) is 10.4. The van der Waals surface area contributed by atoms with Gasteiger partial charge in [0.05, 0.1) is 16.6 Å². The summed E-state index contributed by atoms with van der Waals surface area (Å²) in [5.74, 6) is 0.343. The zero-order valence-corrected chi connectivity index (χ0v) is 16.7. The van der Waals surface area contributed by atoms with Crippen molar-refractivity contribution in [3.8, 4) is 0 Å². The van der Waals surface area contributed by atoms with E-state index in [-0.39, 0.29) is 18.3 Å². The van der Waals surface area contributed by atoms with Crippen LogP contribution in [0, 0.1) is 0 Å². The number of nitrogens with two attached hydrogens (primary N) is 1. The third-order valence-electron chi connectivity index (χ3n) is 4.94. The van der Waals surface area contributed by atoms with Gasteiger partial charge in [-0.2, -0.15) is 0 Å². The maximum absolute atomic E-state index is 12.9. The molecule has 1 saturated carbocycles. The summed E-state index contributed by atoms with van der Waals surface area (Å²) < 4.78 is 5.44. The van der Waals surface area contributed by atoms with E-state index >= 15 is 0 Å². The molecule has 1 aliphatic rings. The summed E-state index contributed by atoms with van der Waals surface area (Å²) in [7, 11) is 0. The summed E-state index contributed by atoms with van der Waals surface area (Å²) in [6.45, 7) is 2.64. The fourth-order valence-corrected chi connectivity index (χ4v) is 3.30. The number of halogens is 1. The largest absolute Gasteiger partial charge is 0.399 e. The summed E-state index contributed by atoms with van der Waals surface area (Å²) in [5, 5.41) is 7.94. The second-order valence-corrected chi connectivity index (χ2v) is 7.18. The molecule has 1 fully saturated rings. The highest BCUT2D eigenvalue weighted by atomic mass is 35.5. The predicted molar refractivity (Wildman–Crippen MR) is 112 cm³/mol. The number of fused-ring (bicyclic) bond motifs is 1. The van der Waals surface area contributed by atoms with E-state index in [1.54, 1.807) is 0 Å². The first-order chi connectivity index (χ1) is 13.2. The van der Waals surface area contributed by atoms with Crippen molar-refractivity contribution in [1.29, 1.82) is 0 Å². The Kier molecular flexibility index (Phi) is 6.19. The van der Waals surface area contributed by atoms with E-state index in [4.69, 9.17) is 10.3 Å². The molecule has 0 saturated heterocycles. The minimum absolute atomic E-state index is 0. The minimum Gasteiger partial charge on any atom is -0.399 e. The molecule has 7 heteroatoms. The van der Waals surface area contributed by atoms with Gasteiger partial charge in [-0.3, -0.25) is 4.79 Å². The van der Waals surface area contributed by atoms with Gasteiger partial charge in [-0.05, 0) is 49.4 Å². The number of nitrogens with one attached hydrogen (secondary N) is 1. The van der Waals surface area contributed by atoms with Crippen LogP contribution in [0.3, 0.4) is 0 Å². The molecule has 0 spiro atoms. The van der Waals surface area contributed by atoms with Crippen LogP contribution < -0.4 is 11.1 Å². The van der Waals surface area contributed by atoms with Crippen LogP contribution in [0.15, 0.2) is 34.9 Å². The molecule has 1 amide bonds. The molecule has 4 rings (SSSR count). The van der Waals surface area contributed by atoms with E-state index in [1.807, 2.05) is 30.3 Å². The molecule has 0 unspecified atom stereocenters. The van der Waals surface area contributed by atoms with Crippen LogP contribution in [-0.4, -0.2) is 22.6 Å². The predicted octanol–water partition coefficient (Wildman–Crippen LogP) is 4.03. The number of carbonyl (C=O) groups is 1. The molecule has 3 N–H and O–H groups in total. The Morgan fingerprint density at radius 1 is 1.25 bits per heavy atom. The van der Waals surface area contributed by atoms with Crippen LogP contribution in [-0.2, 0) is 12.8 Å². The first-order valence-corrected chi connectivity index (χ1v) is 9.57. The van der Waals surface area contributed by atoms with E-state index in [9.17, 15) is 4.79 Å². The van der Waals surface area contributed by atoms with Crippen LogP contribution in [0.4, 0.5) is 5.69 Å². The number of benzene rings is 1. The number of amides is 1. The standard InChI is InChI=1S/C21H24N4O2.ClH/c1-2-3-17-19-16(12-18(14-6-7-14)24-21(19)27-25-17)20(26)23-11-10-13-4-8-15(22)9-5-13;/h4-5,8-9,12,14H,2-3,6-7,10-11,22H2,1H3,(H,23,26);1H. The van der Waals surface area contributed by atoms with Crippen LogP contribution in [0.25, 0.3) is 11.1 Å². The highest BCUT2D eigenvalue weighted by Gasteiger charge is 2.29. The molecule has 3 aromatic rings. The molecule has 2 heterocycles. The van der Waals surface area contributed by atoms with Gasteiger partial charge >= 0.3 is 0 Å². The Morgan fingerprint density at radius 2 is 2.00 bits per heavy atom. The van der Waals surface area contributed by atoms with Crippen molar-refractivity contribution in [1.82, 2.24) is 15.5 Å². The Bertz CT molecular complexity index is 964. The summed E-state index contributed by atoms with van der Waals surface area (Å²) in [6.07, 6.45) is 4.69. The monoisotopic (exact) mass is 400 g/mol. The second-order valence-electron chi connectivity index (χ2n) is 7.18. The van der Waals surface area contributed by atoms with Gasteiger partial charge in [-0.25, -0.2) is 4.98 Å². The van der Waals surface area contributed by atoms with Crippen molar-refractivity contribution >= 4 is 35.1 Å². The summed E-state index contributed by atoms with van der Waals surface area (Å²) >= 11 is 0. The molecule has 2 aromatic heterocycles. The first kappa shape index (κ1) is 20.1. The number of hydrogen-bond donors (Lipinski definition) is 2. The lowest BCUT2D eigenvalue weighted by Crippen LogP contribution is -2.26. The molecular formula is C21H25ClN4O2. The highest BCUT2D eigenvalue weighted by Crippen LogP contribution is 2.40. The van der Waals surface area contributed by atoms with Gasteiger partial charge in [0.2, 0.25) is 0 Å². The van der Waals surface area contributed by atoms with Crippen molar-refractivity contribution in [2.45, 2.75) is 44.9 Å². The normalized spacial score (nSPS) is 13.3. The maximum atomic E-state index is 12.9. The fraction of sp³-hybridized carbons (Fsp3) is 0.381. The Hall–Kier alpha value is -2.60. The fourth-order valence-electron chi connectivity index (χ4n) is 3.30. The first-order valence-electron chi connectivity index (χ1n) is 9.57. The maximum Gasteiger partial charge on any atom is 0.259 e. The van der Waals surface area contributed by atoms with Crippen molar-refractivity contribution in [2.75, 3.05) is 12.3 Å². The molecule has 1 aliphatic carbocycles. The minimum atomic E-state index is -0.0969. The van der Waals surface area contributed by atoms with Crippen molar-refractivity contribution in [2.24, 2.45) is 0 Å². The van der Waals surface area contributed by atoms with E-state index < -0.39 is 0 Å². The van der Waals surface area contributed by atoms with Gasteiger partial charge in [0.15, 0.2) is 0 Å². The van der Waals surface area contributed by atoms with Crippen LogP contribution in [0.1, 0.15) is 59.4 Å². The van der Waals surface area contributed by atoms with Gasteiger partial charge < -0.3 is 15.6 Å². The molecule has 28 heavy (non-hydrogen) atoms. The average Bonchev–Trinajstić information content (AvgIpc) is 3.45. The van der Waals surface area contributed by atoms with Crippen molar-refractivity contribution in [3.05, 3.63) is 52.8 Å². The number of aryl methyl sites for hydroxylation is 1. The summed E-state index contributed by atoms with van der Waals surface area (Å²) in [4.78, 5) is 17.5. The number of nitrogen functional groups attached to an aromatic ring is 1. The zero-order valence-electron chi connectivity index (χ0n) is 15.9. The molecule has 6 nitrogen and oxygen atoms in total. The van der Waals surface area contributed by atoms with Crippen molar-refractivity contribution < 1.29 is 9.32 Å². The molecule has 0 aliphatic heterocycles. The van der Waals surface area contributed by atoms with Gasteiger partial charge in [-0.1, -0.05) is 30.6 Å². The SMILES string of the molecule is CCCc1noc2nc(C3CC3)cc(C(=O)NCCc3ccc(N)cc3)c12.Cl. The number of aromatic nitrogens is 2. The Labute approximate surface area is 170 Å². The number of nitrogens with zero attached hydrogens (tertiary/aromatic N) is 2. The van der Waals surface area contributed by atoms with E-state index in [0.29, 0.717) is 23.7 Å². The molecule has 1 aromatic carbocycles. The molecule has 148 valence electrons. The highest BCUT2D eigenvalue weighted by molar-refractivity contribution is 6.06. The number of rotatable bonds is 7. The van der Waals surface area contributed by atoms with Gasteiger partial charge in [0.25, 0.3) is 11.6 Å². The van der Waals surface area contributed by atoms with Crippen LogP contribution in [0.5, 0.6) is 0 Å². The lowest BCUT2D eigenvalue weighted by molar-refractivity contribution is 0.0955. The van der Waals surface area contributed by atoms with E-state index in [2.05, 4.69) is 22.4 Å². The van der Waals surface area contributed by atoms with Gasteiger partial charge in [0, 0.05) is 23.8 Å². The zero-order chi connectivity index (χ0) is 18.8. The smallest absolute Gasteiger partial charge is 0.259 e. The quantitative estimate of drug-likeness (QED) is 0.584. The van der Waals surface area contributed by atoms with Gasteiger partial charge in [0.1, 0.15) is 0 Å². The van der Waals surface area contributed by atoms with Crippen LogP contribution >= 0.6 is 12.4 Å². The second kappa shape index (κ2) is 8.61. The third kappa shape index (κ3) is 4.28. The molecule has 0 atom stereocenters. The number of hydrogen-bond acceptors (Lipinski definition) is 5. The molecule has 0 bridgehead atoms. The Balaban J connectivity index is 0.00000225. The Morgan fingerprint density at radius 3 is 2.68 bits per heavy atom. The number of pyridine rings is 1. The third-order valence-corrected chi connectivity index (χ3v) is 4.94. The number of anilines is 1. The van der Waals surface area contributed by atoms with E-state index in [0.717, 1.165) is 60.1 Å². The topological polar surface area (TPSA) is 94.0 Å². The average molecular weight is 401 g/mol. The van der Waals surface area contributed by atoms with Crippen LogP contribution in [0.2, 0.25) is 0 Å². The lowest BCUT2D eigenvalue weighted by atomic mass is 10.0. The van der Waals surface area contributed by atoms with Gasteiger partial charge in [-0.15, -0.1) is 12.4 Å².